The standard InChI is InChI=1S/C22H20Cl2N2O3S2/c1-3-30-17-7-6-15(25-13-17)12-21(27)26-16-10-19(23)22(20(24)11-16)14-4-8-18(9-5-14)31(2,28)29/h4-11,13H,3,12H2,1-2H3,(H,26,27). The summed E-state index contributed by atoms with van der Waals surface area (Å²) in [6, 6.07) is 13.3. The van der Waals surface area contributed by atoms with Crippen LogP contribution >= 0.6 is 35.0 Å². The Balaban J connectivity index is 1.74. The number of carbonyl (C=O) groups is 1. The van der Waals surface area contributed by atoms with E-state index >= 15 is 0 Å². The molecule has 3 aromatic rings. The van der Waals surface area contributed by atoms with E-state index in [1.165, 1.54) is 12.1 Å². The number of hydrogen-bond acceptors (Lipinski definition) is 5. The van der Waals surface area contributed by atoms with Gasteiger partial charge in [-0.25, -0.2) is 8.42 Å². The molecule has 0 unspecified atom stereocenters. The molecule has 0 aliphatic rings. The number of nitrogens with one attached hydrogen (secondary N) is 1. The summed E-state index contributed by atoms with van der Waals surface area (Å²) in [5.41, 5.74) is 2.37. The molecule has 2 aromatic carbocycles. The van der Waals surface area contributed by atoms with E-state index in [-0.39, 0.29) is 17.2 Å². The molecule has 0 fully saturated rings. The smallest absolute Gasteiger partial charge is 0.230 e. The second-order valence-electron chi connectivity index (χ2n) is 6.75. The Hall–Kier alpha value is -2.06. The molecule has 1 amide bonds. The van der Waals surface area contributed by atoms with Crippen molar-refractivity contribution in [3.63, 3.8) is 0 Å². The fourth-order valence-electron chi connectivity index (χ4n) is 2.93. The normalized spacial score (nSPS) is 11.4. The summed E-state index contributed by atoms with van der Waals surface area (Å²) in [5.74, 6) is 0.724. The van der Waals surface area contributed by atoms with Crippen LogP contribution in [-0.4, -0.2) is 31.3 Å². The maximum Gasteiger partial charge on any atom is 0.230 e. The highest BCUT2D eigenvalue weighted by atomic mass is 35.5. The summed E-state index contributed by atoms with van der Waals surface area (Å²) < 4.78 is 23.3. The summed E-state index contributed by atoms with van der Waals surface area (Å²) >= 11 is 14.5. The van der Waals surface area contributed by atoms with Crippen molar-refractivity contribution < 1.29 is 13.2 Å². The van der Waals surface area contributed by atoms with Crippen LogP contribution in [0.25, 0.3) is 11.1 Å². The van der Waals surface area contributed by atoms with Gasteiger partial charge in [0.1, 0.15) is 0 Å². The summed E-state index contributed by atoms with van der Waals surface area (Å²) in [6.45, 7) is 2.07. The lowest BCUT2D eigenvalue weighted by Crippen LogP contribution is -2.15. The van der Waals surface area contributed by atoms with Crippen LogP contribution in [0.5, 0.6) is 0 Å². The Morgan fingerprint density at radius 1 is 1.06 bits per heavy atom. The van der Waals surface area contributed by atoms with Gasteiger partial charge in [0.05, 0.1) is 21.4 Å². The first-order chi connectivity index (χ1) is 14.7. The number of thioether (sulfide) groups is 1. The number of hydrogen-bond donors (Lipinski definition) is 1. The highest BCUT2D eigenvalue weighted by molar-refractivity contribution is 7.99. The third-order valence-corrected chi connectivity index (χ3v) is 6.94. The van der Waals surface area contributed by atoms with Gasteiger partial charge in [0.2, 0.25) is 5.91 Å². The molecule has 31 heavy (non-hydrogen) atoms. The Morgan fingerprint density at radius 2 is 1.71 bits per heavy atom. The van der Waals surface area contributed by atoms with Gasteiger partial charge in [-0.05, 0) is 47.7 Å². The zero-order valence-corrected chi connectivity index (χ0v) is 20.0. The maximum atomic E-state index is 12.4. The van der Waals surface area contributed by atoms with E-state index in [1.807, 2.05) is 12.1 Å². The Morgan fingerprint density at radius 3 is 2.23 bits per heavy atom. The van der Waals surface area contributed by atoms with Crippen LogP contribution in [-0.2, 0) is 21.1 Å². The number of amides is 1. The number of halogens is 2. The summed E-state index contributed by atoms with van der Waals surface area (Å²) in [6.07, 6.45) is 3.03. The molecule has 0 radical (unpaired) electrons. The van der Waals surface area contributed by atoms with Crippen molar-refractivity contribution in [2.45, 2.75) is 23.1 Å². The van der Waals surface area contributed by atoms with Crippen LogP contribution in [0, 0.1) is 0 Å². The van der Waals surface area contributed by atoms with E-state index in [0.29, 0.717) is 32.6 Å². The second kappa shape index (κ2) is 10.0. The molecule has 1 heterocycles. The number of nitrogens with zero attached hydrogens (tertiary/aromatic N) is 1. The third-order valence-electron chi connectivity index (χ3n) is 4.35. The molecule has 0 saturated heterocycles. The van der Waals surface area contributed by atoms with Crippen LogP contribution in [0.1, 0.15) is 12.6 Å². The van der Waals surface area contributed by atoms with Gasteiger partial charge in [-0.2, -0.15) is 0 Å². The Kier molecular flexibility index (Phi) is 7.64. The van der Waals surface area contributed by atoms with Gasteiger partial charge in [-0.15, -0.1) is 11.8 Å². The van der Waals surface area contributed by atoms with Crippen molar-refractivity contribution in [2.75, 3.05) is 17.3 Å². The molecule has 162 valence electrons. The molecule has 0 aliphatic heterocycles. The van der Waals surface area contributed by atoms with Gasteiger partial charge in [0.25, 0.3) is 0 Å². The zero-order valence-electron chi connectivity index (χ0n) is 16.9. The minimum absolute atomic E-state index is 0.126. The van der Waals surface area contributed by atoms with E-state index in [2.05, 4.69) is 17.2 Å². The quantitative estimate of drug-likeness (QED) is 0.423. The number of carbonyl (C=O) groups excluding carboxylic acids is 1. The molecule has 0 aliphatic carbocycles. The van der Waals surface area contributed by atoms with Crippen molar-refractivity contribution >= 4 is 56.4 Å². The average molecular weight is 495 g/mol. The number of sulfone groups is 1. The molecule has 1 aromatic heterocycles. The van der Waals surface area contributed by atoms with Gasteiger partial charge in [-0.1, -0.05) is 42.3 Å². The topological polar surface area (TPSA) is 76.1 Å². The predicted molar refractivity (Wildman–Crippen MR) is 128 cm³/mol. The summed E-state index contributed by atoms with van der Waals surface area (Å²) in [7, 11) is -3.29. The second-order valence-corrected chi connectivity index (χ2v) is 10.9. The predicted octanol–water partition coefficient (Wildman–Crippen LogP) is 5.75. The fourth-order valence-corrected chi connectivity index (χ4v) is 4.89. The van der Waals surface area contributed by atoms with Crippen molar-refractivity contribution in [1.29, 1.82) is 0 Å². The lowest BCUT2D eigenvalue weighted by Gasteiger charge is -2.12. The van der Waals surface area contributed by atoms with E-state index in [1.54, 1.807) is 42.2 Å². The van der Waals surface area contributed by atoms with Crippen LogP contribution < -0.4 is 5.32 Å². The van der Waals surface area contributed by atoms with E-state index < -0.39 is 9.84 Å². The van der Waals surface area contributed by atoms with Gasteiger partial charge < -0.3 is 5.32 Å². The number of aromatic nitrogens is 1. The molecular formula is C22H20Cl2N2O3S2. The Labute approximate surface area is 196 Å². The SMILES string of the molecule is CCSc1ccc(CC(=O)Nc2cc(Cl)c(-c3ccc(S(C)(=O)=O)cc3)c(Cl)c2)nc1. The minimum Gasteiger partial charge on any atom is -0.326 e. The van der Waals surface area contributed by atoms with Crippen LogP contribution in [0.4, 0.5) is 5.69 Å². The third kappa shape index (κ3) is 6.23. The average Bonchev–Trinajstić information content (AvgIpc) is 2.69. The number of pyridine rings is 1. The maximum absolute atomic E-state index is 12.4. The first kappa shape index (κ1) is 23.6. The van der Waals surface area contributed by atoms with Gasteiger partial charge in [-0.3, -0.25) is 9.78 Å². The Bertz CT molecular complexity index is 1170. The van der Waals surface area contributed by atoms with Crippen molar-refractivity contribution in [3.8, 4) is 11.1 Å². The summed E-state index contributed by atoms with van der Waals surface area (Å²) in [5, 5.41) is 3.47. The van der Waals surface area contributed by atoms with E-state index in [9.17, 15) is 13.2 Å². The molecule has 0 bridgehead atoms. The molecule has 9 heteroatoms. The van der Waals surface area contributed by atoms with E-state index in [0.717, 1.165) is 16.9 Å². The zero-order chi connectivity index (χ0) is 22.6. The van der Waals surface area contributed by atoms with Gasteiger partial charge in [0.15, 0.2) is 9.84 Å². The number of rotatable bonds is 7. The molecule has 3 rings (SSSR count). The van der Waals surface area contributed by atoms with Crippen molar-refractivity contribution in [1.82, 2.24) is 4.98 Å². The van der Waals surface area contributed by atoms with Gasteiger partial charge in [0, 0.05) is 34.3 Å². The van der Waals surface area contributed by atoms with Gasteiger partial charge >= 0.3 is 0 Å². The lowest BCUT2D eigenvalue weighted by molar-refractivity contribution is -0.115. The highest BCUT2D eigenvalue weighted by Gasteiger charge is 2.14. The van der Waals surface area contributed by atoms with Crippen LogP contribution in [0.2, 0.25) is 10.0 Å². The number of anilines is 1. The minimum atomic E-state index is -3.29. The number of benzene rings is 2. The fraction of sp³-hybridized carbons (Fsp3) is 0.182. The monoisotopic (exact) mass is 494 g/mol. The molecule has 0 spiro atoms. The molecule has 0 saturated carbocycles. The van der Waals surface area contributed by atoms with E-state index in [4.69, 9.17) is 23.2 Å². The highest BCUT2D eigenvalue weighted by Crippen LogP contribution is 2.37. The van der Waals surface area contributed by atoms with Crippen LogP contribution in [0.15, 0.2) is 64.5 Å². The molecule has 1 N–H and O–H groups in total. The largest absolute Gasteiger partial charge is 0.326 e. The van der Waals surface area contributed by atoms with Crippen LogP contribution in [0.3, 0.4) is 0 Å². The first-order valence-corrected chi connectivity index (χ1v) is 13.0. The van der Waals surface area contributed by atoms with Crippen molar-refractivity contribution in [3.05, 3.63) is 70.5 Å². The molecule has 5 nitrogen and oxygen atoms in total. The molecule has 0 atom stereocenters. The molecular weight excluding hydrogens is 475 g/mol. The van der Waals surface area contributed by atoms with Crippen molar-refractivity contribution in [2.24, 2.45) is 0 Å². The first-order valence-electron chi connectivity index (χ1n) is 9.34. The lowest BCUT2D eigenvalue weighted by atomic mass is 10.0. The summed E-state index contributed by atoms with van der Waals surface area (Å²) in [4.78, 5) is 18.0.